The number of likely N-dealkylation sites (N-methyl/N-ethyl adjacent to an activating group) is 1. The maximum absolute atomic E-state index is 4.83. The van der Waals surface area contributed by atoms with E-state index in [2.05, 4.69) is 48.1 Å². The van der Waals surface area contributed by atoms with E-state index in [1.54, 1.807) is 0 Å². The van der Waals surface area contributed by atoms with Gasteiger partial charge in [0.05, 0.1) is 0 Å². The first-order chi connectivity index (χ1) is 9.67. The summed E-state index contributed by atoms with van der Waals surface area (Å²) in [5.41, 5.74) is 2.53. The maximum atomic E-state index is 4.83. The average Bonchev–Trinajstić information content (AvgIpc) is 2.47. The zero-order chi connectivity index (χ0) is 14.5. The van der Waals surface area contributed by atoms with Gasteiger partial charge in [-0.05, 0) is 44.6 Å². The lowest BCUT2D eigenvalue weighted by Gasteiger charge is -2.40. The van der Waals surface area contributed by atoms with Crippen LogP contribution in [0, 0.1) is 0 Å². The number of rotatable bonds is 5. The van der Waals surface area contributed by atoms with Gasteiger partial charge in [0.2, 0.25) is 0 Å². The SMILES string of the molecule is CCc1cc(CNC)cc(N2CCN(C)C(CC)C2)n1. The molecule has 1 saturated heterocycles. The lowest BCUT2D eigenvalue weighted by molar-refractivity contribution is 0.213. The van der Waals surface area contributed by atoms with Crippen LogP contribution in [-0.4, -0.2) is 49.7 Å². The number of nitrogens with zero attached hydrogens (tertiary/aromatic N) is 3. The monoisotopic (exact) mass is 276 g/mol. The molecule has 0 aromatic carbocycles. The highest BCUT2D eigenvalue weighted by Gasteiger charge is 2.24. The van der Waals surface area contributed by atoms with Crippen molar-refractivity contribution < 1.29 is 0 Å². The molecule has 112 valence electrons. The number of pyridine rings is 1. The molecule has 0 amide bonds. The van der Waals surface area contributed by atoms with E-state index in [1.165, 1.54) is 17.7 Å². The second-order valence-electron chi connectivity index (χ2n) is 5.70. The van der Waals surface area contributed by atoms with Crippen molar-refractivity contribution in [1.82, 2.24) is 15.2 Å². The van der Waals surface area contributed by atoms with Crippen molar-refractivity contribution in [2.45, 2.75) is 39.3 Å². The molecule has 4 heteroatoms. The van der Waals surface area contributed by atoms with E-state index >= 15 is 0 Å². The number of piperazine rings is 1. The van der Waals surface area contributed by atoms with Gasteiger partial charge < -0.3 is 10.2 Å². The Morgan fingerprint density at radius 2 is 2.10 bits per heavy atom. The standard InChI is InChI=1S/C16H28N4/c1-5-14-9-13(11-17-3)10-16(18-14)20-8-7-19(4)15(6-2)12-20/h9-10,15,17H,5-8,11-12H2,1-4H3. The number of anilines is 1. The molecule has 1 aromatic heterocycles. The van der Waals surface area contributed by atoms with Crippen LogP contribution in [0.5, 0.6) is 0 Å². The molecule has 20 heavy (non-hydrogen) atoms. The molecule has 2 heterocycles. The van der Waals surface area contributed by atoms with E-state index < -0.39 is 0 Å². The molecule has 0 aliphatic carbocycles. The Morgan fingerprint density at radius 1 is 1.30 bits per heavy atom. The van der Waals surface area contributed by atoms with Crippen molar-refractivity contribution in [3.63, 3.8) is 0 Å². The number of aromatic nitrogens is 1. The summed E-state index contributed by atoms with van der Waals surface area (Å²) in [6.07, 6.45) is 2.19. The molecular weight excluding hydrogens is 248 g/mol. The average molecular weight is 276 g/mol. The van der Waals surface area contributed by atoms with Crippen LogP contribution in [0.1, 0.15) is 31.5 Å². The van der Waals surface area contributed by atoms with Crippen LogP contribution in [0.4, 0.5) is 5.82 Å². The summed E-state index contributed by atoms with van der Waals surface area (Å²) >= 11 is 0. The zero-order valence-electron chi connectivity index (χ0n) is 13.3. The second kappa shape index (κ2) is 7.04. The fourth-order valence-corrected chi connectivity index (χ4v) is 2.88. The van der Waals surface area contributed by atoms with Crippen molar-refractivity contribution in [1.29, 1.82) is 0 Å². The number of nitrogens with one attached hydrogen (secondary N) is 1. The molecule has 1 aromatic rings. The van der Waals surface area contributed by atoms with Crippen LogP contribution in [0.15, 0.2) is 12.1 Å². The van der Waals surface area contributed by atoms with E-state index in [1.807, 2.05) is 7.05 Å². The molecule has 0 spiro atoms. The Labute approximate surface area is 123 Å². The third-order valence-electron chi connectivity index (χ3n) is 4.24. The minimum atomic E-state index is 0.642. The molecule has 1 aliphatic heterocycles. The van der Waals surface area contributed by atoms with Gasteiger partial charge in [0.25, 0.3) is 0 Å². The van der Waals surface area contributed by atoms with Gasteiger partial charge in [-0.25, -0.2) is 4.98 Å². The molecule has 1 N–H and O–H groups in total. The van der Waals surface area contributed by atoms with E-state index in [4.69, 9.17) is 4.98 Å². The highest BCUT2D eigenvalue weighted by molar-refractivity contribution is 5.43. The number of hydrogen-bond acceptors (Lipinski definition) is 4. The van der Waals surface area contributed by atoms with E-state index in [0.717, 1.165) is 38.4 Å². The van der Waals surface area contributed by atoms with Crippen LogP contribution in [0.25, 0.3) is 0 Å². The summed E-state index contributed by atoms with van der Waals surface area (Å²) in [5.74, 6) is 1.15. The predicted octanol–water partition coefficient (Wildman–Crippen LogP) is 1.89. The van der Waals surface area contributed by atoms with E-state index in [-0.39, 0.29) is 0 Å². The smallest absolute Gasteiger partial charge is 0.129 e. The summed E-state index contributed by atoms with van der Waals surface area (Å²) in [6.45, 7) is 8.64. The summed E-state index contributed by atoms with van der Waals surface area (Å²) in [7, 11) is 4.22. The second-order valence-corrected chi connectivity index (χ2v) is 5.70. The van der Waals surface area contributed by atoms with Crippen LogP contribution >= 0.6 is 0 Å². The van der Waals surface area contributed by atoms with Crippen LogP contribution < -0.4 is 10.2 Å². The lowest BCUT2D eigenvalue weighted by atomic mass is 10.1. The van der Waals surface area contributed by atoms with Gasteiger partial charge in [-0.1, -0.05) is 13.8 Å². The number of hydrogen-bond donors (Lipinski definition) is 1. The third-order valence-corrected chi connectivity index (χ3v) is 4.24. The highest BCUT2D eigenvalue weighted by atomic mass is 15.3. The van der Waals surface area contributed by atoms with E-state index in [9.17, 15) is 0 Å². The Hall–Kier alpha value is -1.13. The van der Waals surface area contributed by atoms with Crippen LogP contribution in [-0.2, 0) is 13.0 Å². The molecule has 1 atom stereocenters. The molecule has 0 radical (unpaired) electrons. The fourth-order valence-electron chi connectivity index (χ4n) is 2.88. The Morgan fingerprint density at radius 3 is 2.75 bits per heavy atom. The van der Waals surface area contributed by atoms with Crippen molar-refractivity contribution in [2.24, 2.45) is 0 Å². The van der Waals surface area contributed by atoms with E-state index in [0.29, 0.717) is 6.04 Å². The van der Waals surface area contributed by atoms with Crippen molar-refractivity contribution >= 4 is 5.82 Å². The van der Waals surface area contributed by atoms with Gasteiger partial charge in [-0.2, -0.15) is 0 Å². The molecule has 0 bridgehead atoms. The summed E-state index contributed by atoms with van der Waals surface area (Å²) in [4.78, 5) is 9.75. The molecule has 2 rings (SSSR count). The third kappa shape index (κ3) is 3.49. The van der Waals surface area contributed by atoms with Gasteiger partial charge in [0.1, 0.15) is 5.82 Å². The summed E-state index contributed by atoms with van der Waals surface area (Å²) < 4.78 is 0. The van der Waals surface area contributed by atoms with Gasteiger partial charge >= 0.3 is 0 Å². The molecule has 1 unspecified atom stereocenters. The predicted molar refractivity (Wildman–Crippen MR) is 85.3 cm³/mol. The molecule has 1 fully saturated rings. The van der Waals surface area contributed by atoms with Crippen molar-refractivity contribution in [3.8, 4) is 0 Å². The quantitative estimate of drug-likeness (QED) is 0.890. The van der Waals surface area contributed by atoms with Crippen molar-refractivity contribution in [3.05, 3.63) is 23.4 Å². The van der Waals surface area contributed by atoms with Gasteiger partial charge in [-0.15, -0.1) is 0 Å². The Balaban J connectivity index is 2.20. The van der Waals surface area contributed by atoms with Crippen molar-refractivity contribution in [2.75, 3.05) is 38.6 Å². The fraction of sp³-hybridized carbons (Fsp3) is 0.688. The molecule has 1 aliphatic rings. The maximum Gasteiger partial charge on any atom is 0.129 e. The van der Waals surface area contributed by atoms with Gasteiger partial charge in [0.15, 0.2) is 0 Å². The topological polar surface area (TPSA) is 31.4 Å². The molecule has 4 nitrogen and oxygen atoms in total. The molecule has 0 saturated carbocycles. The minimum absolute atomic E-state index is 0.642. The summed E-state index contributed by atoms with van der Waals surface area (Å²) in [5, 5.41) is 3.24. The zero-order valence-corrected chi connectivity index (χ0v) is 13.3. The number of aryl methyl sites for hydroxylation is 1. The largest absolute Gasteiger partial charge is 0.354 e. The summed E-state index contributed by atoms with van der Waals surface area (Å²) in [6, 6.07) is 5.10. The Bertz CT molecular complexity index is 432. The van der Waals surface area contributed by atoms with Gasteiger partial charge in [0, 0.05) is 37.9 Å². The first-order valence-electron chi connectivity index (χ1n) is 7.77. The first-order valence-corrected chi connectivity index (χ1v) is 7.77. The molecular formula is C16H28N4. The Kier molecular flexibility index (Phi) is 5.38. The van der Waals surface area contributed by atoms with Crippen LogP contribution in [0.3, 0.4) is 0 Å². The first kappa shape index (κ1) is 15.3. The minimum Gasteiger partial charge on any atom is -0.354 e. The van der Waals surface area contributed by atoms with Gasteiger partial charge in [-0.3, -0.25) is 4.90 Å². The van der Waals surface area contributed by atoms with Crippen LogP contribution in [0.2, 0.25) is 0 Å². The highest BCUT2D eigenvalue weighted by Crippen LogP contribution is 2.20. The normalized spacial score (nSPS) is 20.4. The lowest BCUT2D eigenvalue weighted by Crippen LogP contribution is -2.51.